The molecule has 0 aromatic carbocycles. The molecule has 2 rings (SSSR count). The molecule has 118 valence electrons. The van der Waals surface area contributed by atoms with Crippen molar-refractivity contribution in [1.29, 1.82) is 0 Å². The smallest absolute Gasteiger partial charge is 0.191 e. The molecule has 1 aliphatic rings. The lowest BCUT2D eigenvalue weighted by Gasteiger charge is -2.33. The van der Waals surface area contributed by atoms with E-state index in [9.17, 15) is 0 Å². The average Bonchev–Trinajstić information content (AvgIpc) is 2.48. The van der Waals surface area contributed by atoms with Crippen LogP contribution < -0.4 is 10.6 Å². The molecule has 6 nitrogen and oxygen atoms in total. The molecule has 1 aromatic heterocycles. The summed E-state index contributed by atoms with van der Waals surface area (Å²) < 4.78 is 5.63. The second kappa shape index (κ2) is 8.41. The number of anilines is 2. The van der Waals surface area contributed by atoms with Gasteiger partial charge in [-0.2, -0.15) is 0 Å². The van der Waals surface area contributed by atoms with E-state index in [2.05, 4.69) is 21.8 Å². The number of thioether (sulfide) groups is 1. The van der Waals surface area contributed by atoms with Gasteiger partial charge in [-0.1, -0.05) is 25.1 Å². The molecule has 1 aromatic rings. The lowest BCUT2D eigenvalue weighted by Crippen LogP contribution is -2.43. The van der Waals surface area contributed by atoms with Crippen LogP contribution in [0.15, 0.2) is 11.2 Å². The van der Waals surface area contributed by atoms with Crippen molar-refractivity contribution in [2.75, 3.05) is 42.7 Å². The van der Waals surface area contributed by atoms with E-state index in [1.807, 2.05) is 6.07 Å². The fraction of sp³-hybridized carbons (Fsp3) is 0.714. The van der Waals surface area contributed by atoms with E-state index >= 15 is 0 Å². The van der Waals surface area contributed by atoms with E-state index in [0.717, 1.165) is 42.7 Å². The number of ether oxygens (including phenoxy) is 1. The van der Waals surface area contributed by atoms with E-state index in [0.29, 0.717) is 18.8 Å². The van der Waals surface area contributed by atoms with Crippen molar-refractivity contribution >= 4 is 23.4 Å². The Balaban J connectivity index is 2.04. The van der Waals surface area contributed by atoms with Gasteiger partial charge in [-0.3, -0.25) is 0 Å². The summed E-state index contributed by atoms with van der Waals surface area (Å²) in [7, 11) is 0. The zero-order valence-corrected chi connectivity index (χ0v) is 13.3. The van der Waals surface area contributed by atoms with Crippen LogP contribution >= 0.6 is 11.8 Å². The van der Waals surface area contributed by atoms with Crippen molar-refractivity contribution in [3.05, 3.63) is 6.07 Å². The van der Waals surface area contributed by atoms with Crippen LogP contribution in [0.3, 0.4) is 0 Å². The SMILES string of the molecule is CCCCSc1nc(N)cc(N2CCO[C@H](CCO)C2)n1. The third-order valence-electron chi connectivity index (χ3n) is 3.35. The number of nitrogens with two attached hydrogens (primary N) is 1. The molecule has 0 spiro atoms. The zero-order chi connectivity index (χ0) is 15.1. The maximum atomic E-state index is 9.04. The van der Waals surface area contributed by atoms with Crippen molar-refractivity contribution < 1.29 is 9.84 Å². The van der Waals surface area contributed by atoms with Crippen LogP contribution in [-0.4, -0.2) is 53.2 Å². The summed E-state index contributed by atoms with van der Waals surface area (Å²) in [5.41, 5.74) is 5.90. The first-order chi connectivity index (χ1) is 10.2. The normalized spacial score (nSPS) is 19.0. The van der Waals surface area contributed by atoms with Gasteiger partial charge in [0.05, 0.1) is 12.7 Å². The molecule has 7 heteroatoms. The predicted molar refractivity (Wildman–Crippen MR) is 85.7 cm³/mol. The fourth-order valence-electron chi connectivity index (χ4n) is 2.21. The lowest BCUT2D eigenvalue weighted by molar-refractivity contribution is 0.0244. The number of aromatic nitrogens is 2. The summed E-state index contributed by atoms with van der Waals surface area (Å²) in [5.74, 6) is 2.37. The second-order valence-corrected chi connectivity index (χ2v) is 6.15. The zero-order valence-electron chi connectivity index (χ0n) is 12.5. The largest absolute Gasteiger partial charge is 0.396 e. The number of aliphatic hydroxyl groups is 1. The first-order valence-corrected chi connectivity index (χ1v) is 8.46. The molecule has 0 unspecified atom stereocenters. The van der Waals surface area contributed by atoms with Crippen LogP contribution in [0.1, 0.15) is 26.2 Å². The first kappa shape index (κ1) is 16.3. The van der Waals surface area contributed by atoms with Gasteiger partial charge in [-0.15, -0.1) is 0 Å². The standard InChI is InChI=1S/C14H24N4O2S/c1-2-3-8-21-14-16-12(15)9-13(17-14)18-5-7-20-11(10-18)4-6-19/h9,11,19H,2-8,10H2,1H3,(H2,15,16,17)/t11-/m1/s1. The van der Waals surface area contributed by atoms with Gasteiger partial charge in [-0.25, -0.2) is 9.97 Å². The highest BCUT2D eigenvalue weighted by Crippen LogP contribution is 2.23. The monoisotopic (exact) mass is 312 g/mol. The molecule has 1 aliphatic heterocycles. The number of hydrogen-bond acceptors (Lipinski definition) is 7. The molecular formula is C14H24N4O2S. The Morgan fingerprint density at radius 2 is 2.38 bits per heavy atom. The highest BCUT2D eigenvalue weighted by atomic mass is 32.2. The average molecular weight is 312 g/mol. The third-order valence-corrected chi connectivity index (χ3v) is 4.29. The molecule has 0 aliphatic carbocycles. The molecule has 3 N–H and O–H groups in total. The van der Waals surface area contributed by atoms with E-state index in [-0.39, 0.29) is 12.7 Å². The molecule has 0 bridgehead atoms. The van der Waals surface area contributed by atoms with Crippen molar-refractivity contribution in [3.8, 4) is 0 Å². The number of unbranched alkanes of at least 4 members (excludes halogenated alkanes) is 1. The summed E-state index contributed by atoms with van der Waals surface area (Å²) in [6.07, 6.45) is 3.01. The van der Waals surface area contributed by atoms with Crippen LogP contribution in [0.5, 0.6) is 0 Å². The predicted octanol–water partition coefficient (Wildman–Crippen LogP) is 1.54. The van der Waals surface area contributed by atoms with E-state index in [1.165, 1.54) is 0 Å². The molecule has 1 fully saturated rings. The van der Waals surface area contributed by atoms with Gasteiger partial charge in [-0.05, 0) is 12.8 Å². The van der Waals surface area contributed by atoms with Crippen LogP contribution in [0.2, 0.25) is 0 Å². The summed E-state index contributed by atoms with van der Waals surface area (Å²) in [6, 6.07) is 1.81. The quantitative estimate of drug-likeness (QED) is 0.449. The van der Waals surface area contributed by atoms with Gasteiger partial charge >= 0.3 is 0 Å². The lowest BCUT2D eigenvalue weighted by atomic mass is 10.2. The van der Waals surface area contributed by atoms with Crippen LogP contribution in [-0.2, 0) is 4.74 Å². The molecule has 1 saturated heterocycles. The topological polar surface area (TPSA) is 84.5 Å². The Labute approximate surface area is 130 Å². The van der Waals surface area contributed by atoms with E-state index in [4.69, 9.17) is 15.6 Å². The van der Waals surface area contributed by atoms with Crippen molar-refractivity contribution in [2.45, 2.75) is 37.4 Å². The molecule has 0 amide bonds. The van der Waals surface area contributed by atoms with Gasteiger partial charge < -0.3 is 20.5 Å². The van der Waals surface area contributed by atoms with Gasteiger partial charge in [0.15, 0.2) is 5.16 Å². The van der Waals surface area contributed by atoms with Crippen molar-refractivity contribution in [3.63, 3.8) is 0 Å². The molecule has 0 radical (unpaired) electrons. The Morgan fingerprint density at radius 3 is 3.14 bits per heavy atom. The molecule has 1 atom stereocenters. The van der Waals surface area contributed by atoms with Gasteiger partial charge in [0.1, 0.15) is 11.6 Å². The number of morpholine rings is 1. The number of hydrogen-bond donors (Lipinski definition) is 2. The maximum Gasteiger partial charge on any atom is 0.191 e. The number of nitrogens with zero attached hydrogens (tertiary/aromatic N) is 3. The van der Waals surface area contributed by atoms with Crippen LogP contribution in [0.4, 0.5) is 11.6 Å². The molecular weight excluding hydrogens is 288 g/mol. The molecule has 2 heterocycles. The number of aliphatic hydroxyl groups excluding tert-OH is 1. The third kappa shape index (κ3) is 5.01. The van der Waals surface area contributed by atoms with Crippen molar-refractivity contribution in [1.82, 2.24) is 9.97 Å². The minimum Gasteiger partial charge on any atom is -0.396 e. The van der Waals surface area contributed by atoms with E-state index in [1.54, 1.807) is 11.8 Å². The summed E-state index contributed by atoms with van der Waals surface area (Å²) in [6.45, 7) is 4.48. The molecule has 0 saturated carbocycles. The Morgan fingerprint density at radius 1 is 1.52 bits per heavy atom. The Kier molecular flexibility index (Phi) is 6.53. The summed E-state index contributed by atoms with van der Waals surface area (Å²) >= 11 is 1.65. The van der Waals surface area contributed by atoms with Crippen LogP contribution in [0, 0.1) is 0 Å². The Bertz CT molecular complexity index is 445. The maximum absolute atomic E-state index is 9.04. The van der Waals surface area contributed by atoms with Crippen LogP contribution in [0.25, 0.3) is 0 Å². The number of nitrogen functional groups attached to an aromatic ring is 1. The molecule has 21 heavy (non-hydrogen) atoms. The first-order valence-electron chi connectivity index (χ1n) is 7.47. The highest BCUT2D eigenvalue weighted by molar-refractivity contribution is 7.99. The van der Waals surface area contributed by atoms with Crippen molar-refractivity contribution in [2.24, 2.45) is 0 Å². The Hall–Kier alpha value is -1.05. The minimum absolute atomic E-state index is 0.0520. The van der Waals surface area contributed by atoms with E-state index < -0.39 is 0 Å². The fourth-order valence-corrected chi connectivity index (χ4v) is 3.15. The van der Waals surface area contributed by atoms with Gasteiger partial charge in [0.2, 0.25) is 0 Å². The second-order valence-electron chi connectivity index (χ2n) is 5.09. The minimum atomic E-state index is 0.0520. The number of rotatable bonds is 7. The van der Waals surface area contributed by atoms with Gasteiger partial charge in [0.25, 0.3) is 0 Å². The summed E-state index contributed by atoms with van der Waals surface area (Å²) in [4.78, 5) is 11.0. The highest BCUT2D eigenvalue weighted by Gasteiger charge is 2.21. The van der Waals surface area contributed by atoms with Gasteiger partial charge in [0, 0.05) is 31.5 Å². The summed E-state index contributed by atoms with van der Waals surface area (Å²) in [5, 5.41) is 9.78.